The first kappa shape index (κ1) is 17.3. The number of likely N-dealkylation sites (tertiary alicyclic amines) is 1. The van der Waals surface area contributed by atoms with E-state index in [0.717, 1.165) is 36.7 Å². The van der Waals surface area contributed by atoms with Crippen LogP contribution >= 0.6 is 0 Å². The van der Waals surface area contributed by atoms with Crippen molar-refractivity contribution in [3.8, 4) is 11.5 Å². The average Bonchev–Trinajstić information content (AvgIpc) is 3.41. The summed E-state index contributed by atoms with van der Waals surface area (Å²) in [5.41, 5.74) is 2.30. The van der Waals surface area contributed by atoms with Crippen molar-refractivity contribution in [1.82, 2.24) is 14.8 Å². The molecule has 6 heteroatoms. The SMILES string of the molecule is O=C(Cc1ccncc1)N1C[C@H](c2ccc3c(c2)OCO3)[C@H]2[C@@H]1C1CCN2CC1. The minimum Gasteiger partial charge on any atom is -0.454 e. The first-order valence-corrected chi connectivity index (χ1v) is 10.6. The van der Waals surface area contributed by atoms with E-state index in [-0.39, 0.29) is 5.91 Å². The molecule has 1 amide bonds. The molecular weight excluding hydrogens is 366 g/mol. The van der Waals surface area contributed by atoms with Gasteiger partial charge in [0.15, 0.2) is 11.5 Å². The van der Waals surface area contributed by atoms with Gasteiger partial charge in [-0.2, -0.15) is 0 Å². The van der Waals surface area contributed by atoms with Gasteiger partial charge in [-0.05, 0) is 67.2 Å². The maximum atomic E-state index is 13.4. The van der Waals surface area contributed by atoms with Crippen molar-refractivity contribution in [2.45, 2.75) is 37.3 Å². The molecule has 6 heterocycles. The molecule has 6 nitrogen and oxygen atoms in total. The second-order valence-electron chi connectivity index (χ2n) is 8.65. The predicted molar refractivity (Wildman–Crippen MR) is 107 cm³/mol. The zero-order chi connectivity index (χ0) is 19.4. The summed E-state index contributed by atoms with van der Waals surface area (Å²) in [6, 6.07) is 10.9. The summed E-state index contributed by atoms with van der Waals surface area (Å²) in [7, 11) is 0. The van der Waals surface area contributed by atoms with E-state index in [1.807, 2.05) is 18.2 Å². The Bertz CT molecular complexity index is 926. The number of benzene rings is 1. The Morgan fingerprint density at radius 3 is 2.66 bits per heavy atom. The van der Waals surface area contributed by atoms with E-state index >= 15 is 0 Å². The van der Waals surface area contributed by atoms with Gasteiger partial charge in [-0.25, -0.2) is 0 Å². The molecular formula is C23H25N3O3. The molecule has 7 rings (SSSR count). The summed E-state index contributed by atoms with van der Waals surface area (Å²) in [5, 5.41) is 0. The van der Waals surface area contributed by atoms with Gasteiger partial charge in [0.25, 0.3) is 0 Å². The lowest BCUT2D eigenvalue weighted by Crippen LogP contribution is -2.60. The number of fused-ring (bicyclic) bond motifs is 3. The van der Waals surface area contributed by atoms with Crippen molar-refractivity contribution in [2.75, 3.05) is 26.4 Å². The molecule has 0 N–H and O–H groups in total. The van der Waals surface area contributed by atoms with Crippen LogP contribution in [0.4, 0.5) is 0 Å². The van der Waals surface area contributed by atoms with E-state index < -0.39 is 0 Å². The lowest BCUT2D eigenvalue weighted by molar-refractivity contribution is -0.135. The van der Waals surface area contributed by atoms with E-state index in [0.29, 0.717) is 37.1 Å². The van der Waals surface area contributed by atoms with Gasteiger partial charge in [-0.1, -0.05) is 6.07 Å². The number of ether oxygens (including phenoxy) is 2. The highest BCUT2D eigenvalue weighted by molar-refractivity contribution is 5.80. The molecule has 0 unspecified atom stereocenters. The van der Waals surface area contributed by atoms with Crippen LogP contribution < -0.4 is 9.47 Å². The number of piperidine rings is 3. The van der Waals surface area contributed by atoms with Crippen LogP contribution in [-0.4, -0.2) is 59.2 Å². The van der Waals surface area contributed by atoms with Crippen LogP contribution in [0.15, 0.2) is 42.7 Å². The van der Waals surface area contributed by atoms with Crippen LogP contribution in [0.3, 0.4) is 0 Å². The van der Waals surface area contributed by atoms with Gasteiger partial charge < -0.3 is 14.4 Å². The quantitative estimate of drug-likeness (QED) is 0.805. The fourth-order valence-electron chi connectivity index (χ4n) is 5.92. The van der Waals surface area contributed by atoms with Crippen molar-refractivity contribution >= 4 is 5.91 Å². The van der Waals surface area contributed by atoms with Gasteiger partial charge in [-0.3, -0.25) is 14.7 Å². The number of nitrogens with zero attached hydrogens (tertiary/aromatic N) is 3. The Hall–Kier alpha value is -2.60. The molecule has 5 aliphatic heterocycles. The Kier molecular flexibility index (Phi) is 4.01. The minimum absolute atomic E-state index is 0.239. The molecule has 150 valence electrons. The Morgan fingerprint density at radius 1 is 1.03 bits per heavy atom. The molecule has 0 radical (unpaired) electrons. The number of aromatic nitrogens is 1. The van der Waals surface area contributed by atoms with Crippen LogP contribution in [0.1, 0.15) is 29.9 Å². The number of rotatable bonds is 3. The summed E-state index contributed by atoms with van der Waals surface area (Å²) >= 11 is 0. The Balaban J connectivity index is 1.32. The van der Waals surface area contributed by atoms with Gasteiger partial charge in [0.1, 0.15) is 0 Å². The second kappa shape index (κ2) is 6.73. The van der Waals surface area contributed by atoms with Crippen molar-refractivity contribution in [2.24, 2.45) is 5.92 Å². The molecule has 2 bridgehead atoms. The van der Waals surface area contributed by atoms with Gasteiger partial charge in [0, 0.05) is 30.9 Å². The molecule has 4 fully saturated rings. The van der Waals surface area contributed by atoms with Crippen molar-refractivity contribution in [3.63, 3.8) is 0 Å². The molecule has 5 aliphatic rings. The first-order valence-electron chi connectivity index (χ1n) is 10.6. The van der Waals surface area contributed by atoms with Gasteiger partial charge in [-0.15, -0.1) is 0 Å². The molecule has 2 aromatic rings. The first-order chi connectivity index (χ1) is 14.3. The van der Waals surface area contributed by atoms with Crippen LogP contribution in [-0.2, 0) is 11.2 Å². The maximum absolute atomic E-state index is 13.4. The molecule has 1 aromatic carbocycles. The standard InChI is InChI=1S/C23H25N3O3/c27-21(11-15-3-7-24-8-4-15)26-13-18(17-1-2-19-20(12-17)29-14-28-19)23-22(26)16-5-9-25(23)10-6-16/h1-4,7-8,12,16,18,22-23H,5-6,9-11,13-14H2/t18-,22+,23+/m1/s1. The number of pyridine rings is 1. The molecule has 29 heavy (non-hydrogen) atoms. The Labute approximate surface area is 170 Å². The third-order valence-corrected chi connectivity index (χ3v) is 7.24. The summed E-state index contributed by atoms with van der Waals surface area (Å²) in [6.45, 7) is 3.38. The predicted octanol–water partition coefficient (Wildman–Crippen LogP) is 2.44. The van der Waals surface area contributed by atoms with Crippen LogP contribution in [0.25, 0.3) is 0 Å². The fraction of sp³-hybridized carbons (Fsp3) is 0.478. The van der Waals surface area contributed by atoms with E-state index in [1.54, 1.807) is 12.4 Å². The van der Waals surface area contributed by atoms with E-state index in [1.165, 1.54) is 18.4 Å². The van der Waals surface area contributed by atoms with Crippen molar-refractivity contribution < 1.29 is 14.3 Å². The fourth-order valence-corrected chi connectivity index (χ4v) is 5.92. The molecule has 3 atom stereocenters. The number of carbonyl (C=O) groups is 1. The zero-order valence-corrected chi connectivity index (χ0v) is 16.4. The molecule has 1 aromatic heterocycles. The van der Waals surface area contributed by atoms with Crippen LogP contribution in [0.5, 0.6) is 11.5 Å². The number of hydrogen-bond donors (Lipinski definition) is 0. The van der Waals surface area contributed by atoms with Gasteiger partial charge in [0.2, 0.25) is 12.7 Å². The molecule has 0 aliphatic carbocycles. The summed E-state index contributed by atoms with van der Waals surface area (Å²) in [5.74, 6) is 2.82. The highest BCUT2D eigenvalue weighted by atomic mass is 16.7. The largest absolute Gasteiger partial charge is 0.454 e. The summed E-state index contributed by atoms with van der Waals surface area (Å²) in [4.78, 5) is 22.2. The monoisotopic (exact) mass is 391 g/mol. The Morgan fingerprint density at radius 2 is 1.83 bits per heavy atom. The zero-order valence-electron chi connectivity index (χ0n) is 16.4. The highest BCUT2D eigenvalue weighted by Crippen LogP contribution is 2.48. The van der Waals surface area contributed by atoms with Gasteiger partial charge >= 0.3 is 0 Å². The number of hydrogen-bond acceptors (Lipinski definition) is 5. The van der Waals surface area contributed by atoms with Crippen molar-refractivity contribution in [1.29, 1.82) is 0 Å². The second-order valence-corrected chi connectivity index (χ2v) is 8.65. The smallest absolute Gasteiger partial charge is 0.231 e. The third-order valence-electron chi connectivity index (χ3n) is 7.24. The average molecular weight is 391 g/mol. The normalized spacial score (nSPS) is 31.7. The summed E-state index contributed by atoms with van der Waals surface area (Å²) in [6.07, 6.45) is 6.38. The van der Waals surface area contributed by atoms with Crippen LogP contribution in [0.2, 0.25) is 0 Å². The van der Waals surface area contributed by atoms with Crippen LogP contribution in [0, 0.1) is 5.92 Å². The summed E-state index contributed by atoms with van der Waals surface area (Å²) < 4.78 is 11.1. The number of carbonyl (C=O) groups excluding carboxylic acids is 1. The van der Waals surface area contributed by atoms with Gasteiger partial charge in [0.05, 0.1) is 12.5 Å². The molecule has 0 saturated carbocycles. The molecule has 4 saturated heterocycles. The van der Waals surface area contributed by atoms with E-state index in [9.17, 15) is 4.79 Å². The topological polar surface area (TPSA) is 54.9 Å². The minimum atomic E-state index is 0.239. The lowest BCUT2D eigenvalue weighted by atomic mass is 9.75. The lowest BCUT2D eigenvalue weighted by Gasteiger charge is -2.51. The third kappa shape index (κ3) is 2.81. The van der Waals surface area contributed by atoms with E-state index in [4.69, 9.17) is 9.47 Å². The van der Waals surface area contributed by atoms with Crippen molar-refractivity contribution in [3.05, 3.63) is 53.9 Å². The maximum Gasteiger partial charge on any atom is 0.231 e. The number of amides is 1. The molecule has 0 spiro atoms. The highest BCUT2D eigenvalue weighted by Gasteiger charge is 2.54. The van der Waals surface area contributed by atoms with E-state index in [2.05, 4.69) is 26.9 Å².